The largest absolute Gasteiger partial charge is 0.396 e. The van der Waals surface area contributed by atoms with Crippen molar-refractivity contribution in [2.24, 2.45) is 0 Å². The van der Waals surface area contributed by atoms with Crippen LogP contribution in [-0.2, 0) is 13.1 Å². The van der Waals surface area contributed by atoms with Gasteiger partial charge in [0.05, 0.1) is 0 Å². The van der Waals surface area contributed by atoms with Crippen molar-refractivity contribution in [3.05, 3.63) is 69.5 Å². The zero-order valence-electron chi connectivity index (χ0n) is 13.6. The van der Waals surface area contributed by atoms with Gasteiger partial charge in [0.2, 0.25) is 0 Å². The Morgan fingerprint density at radius 2 is 1.74 bits per heavy atom. The molecule has 4 heteroatoms. The van der Waals surface area contributed by atoms with E-state index in [-0.39, 0.29) is 12.4 Å². The van der Waals surface area contributed by atoms with Gasteiger partial charge in [-0.2, -0.15) is 0 Å². The lowest BCUT2D eigenvalue weighted by Crippen LogP contribution is -2.25. The van der Waals surface area contributed by atoms with Crippen LogP contribution in [0.2, 0.25) is 5.02 Å². The third-order valence-corrected chi connectivity index (χ3v) is 4.27. The molecule has 0 aliphatic rings. The number of aryl methyl sites for hydroxylation is 2. The van der Waals surface area contributed by atoms with Crippen LogP contribution in [0, 0.1) is 19.7 Å². The highest BCUT2D eigenvalue weighted by Gasteiger charge is 2.15. The Hall–Kier alpha value is -1.42. The summed E-state index contributed by atoms with van der Waals surface area (Å²) in [6.45, 7) is 5.73. The first-order valence-corrected chi connectivity index (χ1v) is 8.21. The zero-order valence-corrected chi connectivity index (χ0v) is 14.4. The monoisotopic (exact) mass is 335 g/mol. The topological polar surface area (TPSA) is 23.5 Å². The standard InChI is InChI=1S/C19H23ClFNO/c1-14-4-7-16(8-5-14)12-22(10-3-11-23)13-17-18(20)9-6-15(2)19(17)21/h4-9,23H,3,10-13H2,1-2H3. The van der Waals surface area contributed by atoms with Gasteiger partial charge in [0.15, 0.2) is 0 Å². The predicted octanol–water partition coefficient (Wildman–Crippen LogP) is 4.48. The van der Waals surface area contributed by atoms with E-state index in [0.717, 1.165) is 5.56 Å². The van der Waals surface area contributed by atoms with Crippen LogP contribution in [-0.4, -0.2) is 23.2 Å². The molecule has 0 heterocycles. The Morgan fingerprint density at radius 3 is 2.39 bits per heavy atom. The van der Waals surface area contributed by atoms with E-state index in [1.165, 1.54) is 5.56 Å². The second kappa shape index (κ2) is 8.44. The van der Waals surface area contributed by atoms with E-state index in [1.54, 1.807) is 19.1 Å². The van der Waals surface area contributed by atoms with E-state index in [0.29, 0.717) is 42.2 Å². The molecule has 0 aliphatic carbocycles. The summed E-state index contributed by atoms with van der Waals surface area (Å²) in [4.78, 5) is 2.12. The van der Waals surface area contributed by atoms with Crippen molar-refractivity contribution in [3.8, 4) is 0 Å². The zero-order chi connectivity index (χ0) is 16.8. The van der Waals surface area contributed by atoms with Crippen LogP contribution in [0.3, 0.4) is 0 Å². The number of hydrogen-bond acceptors (Lipinski definition) is 2. The van der Waals surface area contributed by atoms with Gasteiger partial charge < -0.3 is 5.11 Å². The maximum absolute atomic E-state index is 14.4. The van der Waals surface area contributed by atoms with E-state index in [4.69, 9.17) is 16.7 Å². The molecule has 2 aromatic rings. The molecule has 0 spiro atoms. The Balaban J connectivity index is 2.18. The Morgan fingerprint density at radius 1 is 1.04 bits per heavy atom. The third kappa shape index (κ3) is 5.03. The maximum Gasteiger partial charge on any atom is 0.132 e. The molecule has 1 N–H and O–H groups in total. The maximum atomic E-state index is 14.4. The van der Waals surface area contributed by atoms with Gasteiger partial charge in [0.25, 0.3) is 0 Å². The molecule has 23 heavy (non-hydrogen) atoms. The molecule has 0 aromatic heterocycles. The van der Waals surface area contributed by atoms with Gasteiger partial charge in [0, 0.05) is 36.8 Å². The van der Waals surface area contributed by atoms with Gasteiger partial charge in [0.1, 0.15) is 5.82 Å². The molecule has 2 nitrogen and oxygen atoms in total. The van der Waals surface area contributed by atoms with Gasteiger partial charge >= 0.3 is 0 Å². The summed E-state index contributed by atoms with van der Waals surface area (Å²) in [5.41, 5.74) is 3.50. The van der Waals surface area contributed by atoms with Gasteiger partial charge in [-0.15, -0.1) is 0 Å². The molecule has 0 atom stereocenters. The van der Waals surface area contributed by atoms with Crippen LogP contribution in [0.25, 0.3) is 0 Å². The lowest BCUT2D eigenvalue weighted by atomic mass is 10.1. The highest BCUT2D eigenvalue weighted by atomic mass is 35.5. The number of aliphatic hydroxyl groups is 1. The van der Waals surface area contributed by atoms with Crippen molar-refractivity contribution in [2.45, 2.75) is 33.4 Å². The molecule has 0 radical (unpaired) electrons. The third-order valence-electron chi connectivity index (χ3n) is 3.92. The van der Waals surface area contributed by atoms with Crippen LogP contribution in [0.4, 0.5) is 4.39 Å². The van der Waals surface area contributed by atoms with Crippen LogP contribution in [0.5, 0.6) is 0 Å². The van der Waals surface area contributed by atoms with E-state index < -0.39 is 0 Å². The first-order chi connectivity index (χ1) is 11.0. The second-order valence-electron chi connectivity index (χ2n) is 5.93. The van der Waals surface area contributed by atoms with Gasteiger partial charge in [-0.3, -0.25) is 4.90 Å². The van der Waals surface area contributed by atoms with Crippen LogP contribution < -0.4 is 0 Å². The van der Waals surface area contributed by atoms with E-state index in [1.807, 2.05) is 0 Å². The molecule has 0 aliphatic heterocycles. The lowest BCUT2D eigenvalue weighted by molar-refractivity contribution is 0.211. The minimum Gasteiger partial charge on any atom is -0.396 e. The van der Waals surface area contributed by atoms with Gasteiger partial charge in [-0.1, -0.05) is 47.5 Å². The van der Waals surface area contributed by atoms with Crippen LogP contribution in [0.15, 0.2) is 36.4 Å². The van der Waals surface area contributed by atoms with Crippen molar-refractivity contribution < 1.29 is 9.50 Å². The Bertz CT molecular complexity index is 643. The van der Waals surface area contributed by atoms with Crippen molar-refractivity contribution in [1.29, 1.82) is 0 Å². The first kappa shape index (κ1) is 17.9. The molecule has 0 saturated carbocycles. The van der Waals surface area contributed by atoms with Gasteiger partial charge in [-0.05, 0) is 37.5 Å². The second-order valence-corrected chi connectivity index (χ2v) is 6.34. The van der Waals surface area contributed by atoms with Crippen molar-refractivity contribution in [1.82, 2.24) is 4.90 Å². The molecule has 0 unspecified atom stereocenters. The molecule has 124 valence electrons. The fourth-order valence-electron chi connectivity index (χ4n) is 2.54. The molecule has 2 rings (SSSR count). The number of aliphatic hydroxyl groups excluding tert-OH is 1. The van der Waals surface area contributed by atoms with Crippen LogP contribution >= 0.6 is 11.6 Å². The number of nitrogens with zero attached hydrogens (tertiary/aromatic N) is 1. The molecule has 0 amide bonds. The predicted molar refractivity (Wildman–Crippen MR) is 93.1 cm³/mol. The van der Waals surface area contributed by atoms with Crippen LogP contribution in [0.1, 0.15) is 28.7 Å². The number of halogens is 2. The summed E-state index contributed by atoms with van der Waals surface area (Å²) in [7, 11) is 0. The van der Waals surface area contributed by atoms with Gasteiger partial charge in [-0.25, -0.2) is 4.39 Å². The lowest BCUT2D eigenvalue weighted by Gasteiger charge is -2.23. The molecule has 0 bridgehead atoms. The van der Waals surface area contributed by atoms with Crippen molar-refractivity contribution >= 4 is 11.6 Å². The number of rotatable bonds is 7. The minimum atomic E-state index is -0.240. The molecular formula is C19H23ClFNO. The van der Waals surface area contributed by atoms with Crippen molar-refractivity contribution in [2.75, 3.05) is 13.2 Å². The quantitative estimate of drug-likeness (QED) is 0.806. The van der Waals surface area contributed by atoms with E-state index >= 15 is 0 Å². The summed E-state index contributed by atoms with van der Waals surface area (Å²) < 4.78 is 14.4. The number of benzene rings is 2. The summed E-state index contributed by atoms with van der Waals surface area (Å²) in [6.07, 6.45) is 0.650. The number of hydrogen-bond donors (Lipinski definition) is 1. The molecular weight excluding hydrogens is 313 g/mol. The normalized spacial score (nSPS) is 11.2. The highest BCUT2D eigenvalue weighted by Crippen LogP contribution is 2.24. The minimum absolute atomic E-state index is 0.119. The molecule has 2 aromatic carbocycles. The summed E-state index contributed by atoms with van der Waals surface area (Å²) >= 11 is 6.19. The summed E-state index contributed by atoms with van der Waals surface area (Å²) in [6, 6.07) is 11.7. The van der Waals surface area contributed by atoms with Crippen molar-refractivity contribution in [3.63, 3.8) is 0 Å². The molecule has 0 fully saturated rings. The highest BCUT2D eigenvalue weighted by molar-refractivity contribution is 6.31. The SMILES string of the molecule is Cc1ccc(CN(CCCO)Cc2c(Cl)ccc(C)c2F)cc1. The summed E-state index contributed by atoms with van der Waals surface area (Å²) in [5, 5.41) is 9.56. The fraction of sp³-hybridized carbons (Fsp3) is 0.368. The Labute approximate surface area is 142 Å². The summed E-state index contributed by atoms with van der Waals surface area (Å²) in [5.74, 6) is -0.240. The average Bonchev–Trinajstić information content (AvgIpc) is 2.54. The fourth-order valence-corrected chi connectivity index (χ4v) is 2.75. The average molecular weight is 336 g/mol. The first-order valence-electron chi connectivity index (χ1n) is 7.83. The van der Waals surface area contributed by atoms with E-state index in [2.05, 4.69) is 36.1 Å². The smallest absolute Gasteiger partial charge is 0.132 e. The molecule has 0 saturated heterocycles. The Kier molecular flexibility index (Phi) is 6.58. The van der Waals surface area contributed by atoms with E-state index in [9.17, 15) is 4.39 Å².